The van der Waals surface area contributed by atoms with Crippen molar-refractivity contribution in [1.82, 2.24) is 4.98 Å². The van der Waals surface area contributed by atoms with Gasteiger partial charge in [0.1, 0.15) is 5.15 Å². The standard InChI is InChI=1S/C8H11ClN2O/c9-8-3-1-2-7(11-8)6(4-10)5-12/h1-3,6,12H,4-5,10H2. The van der Waals surface area contributed by atoms with E-state index in [-0.39, 0.29) is 12.5 Å². The largest absolute Gasteiger partial charge is 0.396 e. The SMILES string of the molecule is NCC(CO)c1cccc(Cl)n1. The molecule has 0 saturated heterocycles. The highest BCUT2D eigenvalue weighted by Gasteiger charge is 2.09. The predicted molar refractivity (Wildman–Crippen MR) is 48.1 cm³/mol. The summed E-state index contributed by atoms with van der Waals surface area (Å²) in [4.78, 5) is 4.04. The minimum Gasteiger partial charge on any atom is -0.396 e. The third-order valence-corrected chi connectivity index (χ3v) is 1.87. The van der Waals surface area contributed by atoms with Gasteiger partial charge in [0.2, 0.25) is 0 Å². The van der Waals surface area contributed by atoms with E-state index in [1.807, 2.05) is 0 Å². The molecule has 1 atom stereocenters. The fourth-order valence-electron chi connectivity index (χ4n) is 0.940. The molecule has 3 nitrogen and oxygen atoms in total. The van der Waals surface area contributed by atoms with Crippen LogP contribution in [0.1, 0.15) is 11.6 Å². The first-order valence-corrected chi connectivity index (χ1v) is 4.09. The summed E-state index contributed by atoms with van der Waals surface area (Å²) in [6, 6.07) is 5.29. The van der Waals surface area contributed by atoms with Crippen molar-refractivity contribution in [3.63, 3.8) is 0 Å². The van der Waals surface area contributed by atoms with Gasteiger partial charge in [-0.25, -0.2) is 4.98 Å². The minimum absolute atomic E-state index is 0.00381. The van der Waals surface area contributed by atoms with Gasteiger partial charge in [-0.1, -0.05) is 17.7 Å². The molecular formula is C8H11ClN2O. The van der Waals surface area contributed by atoms with Crippen LogP contribution < -0.4 is 5.73 Å². The highest BCUT2D eigenvalue weighted by Crippen LogP contribution is 2.13. The Kier molecular flexibility index (Phi) is 3.47. The molecule has 1 heterocycles. The van der Waals surface area contributed by atoms with Gasteiger partial charge in [-0.15, -0.1) is 0 Å². The molecule has 0 aliphatic carbocycles. The summed E-state index contributed by atoms with van der Waals surface area (Å²) in [6.07, 6.45) is 0. The van der Waals surface area contributed by atoms with Gasteiger partial charge in [-0.3, -0.25) is 0 Å². The average Bonchev–Trinajstić information content (AvgIpc) is 2.07. The molecule has 0 aromatic carbocycles. The van der Waals surface area contributed by atoms with Gasteiger partial charge in [0.25, 0.3) is 0 Å². The highest BCUT2D eigenvalue weighted by molar-refractivity contribution is 6.29. The monoisotopic (exact) mass is 186 g/mol. The van der Waals surface area contributed by atoms with E-state index in [2.05, 4.69) is 4.98 Å². The van der Waals surface area contributed by atoms with E-state index >= 15 is 0 Å². The molecule has 1 unspecified atom stereocenters. The highest BCUT2D eigenvalue weighted by atomic mass is 35.5. The summed E-state index contributed by atoms with van der Waals surface area (Å²) in [6.45, 7) is 0.383. The summed E-state index contributed by atoms with van der Waals surface area (Å²) >= 11 is 5.67. The second-order valence-electron chi connectivity index (χ2n) is 2.50. The average molecular weight is 187 g/mol. The first-order chi connectivity index (χ1) is 5.77. The Morgan fingerprint density at radius 1 is 1.58 bits per heavy atom. The molecule has 1 rings (SSSR count). The number of nitrogens with zero attached hydrogens (tertiary/aromatic N) is 1. The topological polar surface area (TPSA) is 59.1 Å². The van der Waals surface area contributed by atoms with Crippen LogP contribution in [0.3, 0.4) is 0 Å². The Labute approximate surface area is 76.2 Å². The van der Waals surface area contributed by atoms with Crippen molar-refractivity contribution >= 4 is 11.6 Å². The number of hydrogen-bond acceptors (Lipinski definition) is 3. The minimum atomic E-state index is -0.108. The summed E-state index contributed by atoms with van der Waals surface area (Å²) < 4.78 is 0. The van der Waals surface area contributed by atoms with Gasteiger partial charge >= 0.3 is 0 Å². The fourth-order valence-corrected chi connectivity index (χ4v) is 1.11. The molecule has 4 heteroatoms. The van der Waals surface area contributed by atoms with Gasteiger partial charge in [0, 0.05) is 18.2 Å². The van der Waals surface area contributed by atoms with Crippen LogP contribution in [0.4, 0.5) is 0 Å². The zero-order valence-electron chi connectivity index (χ0n) is 6.57. The molecule has 1 aromatic heterocycles. The van der Waals surface area contributed by atoms with Crippen molar-refractivity contribution in [2.75, 3.05) is 13.2 Å². The molecule has 3 N–H and O–H groups in total. The van der Waals surface area contributed by atoms with Crippen LogP contribution in [0.25, 0.3) is 0 Å². The molecule has 12 heavy (non-hydrogen) atoms. The van der Waals surface area contributed by atoms with Crippen molar-refractivity contribution in [2.45, 2.75) is 5.92 Å². The van der Waals surface area contributed by atoms with Crippen molar-refractivity contribution in [3.05, 3.63) is 29.0 Å². The zero-order chi connectivity index (χ0) is 8.97. The number of aromatic nitrogens is 1. The van der Waals surface area contributed by atoms with Crippen LogP contribution in [0.15, 0.2) is 18.2 Å². The number of hydrogen-bond donors (Lipinski definition) is 2. The number of aliphatic hydroxyl groups excluding tert-OH is 1. The third kappa shape index (κ3) is 2.17. The van der Waals surface area contributed by atoms with Crippen LogP contribution in [0, 0.1) is 0 Å². The lowest BCUT2D eigenvalue weighted by molar-refractivity contribution is 0.265. The third-order valence-electron chi connectivity index (χ3n) is 1.66. The van der Waals surface area contributed by atoms with Crippen LogP contribution >= 0.6 is 11.6 Å². The summed E-state index contributed by atoms with van der Waals surface area (Å²) in [5.41, 5.74) is 6.17. The Morgan fingerprint density at radius 3 is 2.83 bits per heavy atom. The van der Waals surface area contributed by atoms with Crippen LogP contribution in [0.2, 0.25) is 5.15 Å². The van der Waals surface area contributed by atoms with E-state index in [0.29, 0.717) is 11.7 Å². The van der Waals surface area contributed by atoms with E-state index in [0.717, 1.165) is 5.69 Å². The van der Waals surface area contributed by atoms with E-state index in [1.165, 1.54) is 0 Å². The van der Waals surface area contributed by atoms with E-state index in [4.69, 9.17) is 22.4 Å². The Bertz CT molecular complexity index is 251. The molecule has 0 spiro atoms. The first kappa shape index (κ1) is 9.45. The summed E-state index contributed by atoms with van der Waals surface area (Å²) in [5, 5.41) is 9.34. The molecule has 0 amide bonds. The van der Waals surface area contributed by atoms with Gasteiger partial charge in [-0.2, -0.15) is 0 Å². The Hall–Kier alpha value is -0.640. The van der Waals surface area contributed by atoms with Gasteiger partial charge in [-0.05, 0) is 12.1 Å². The Balaban J connectivity index is 2.85. The molecule has 0 saturated carbocycles. The van der Waals surface area contributed by atoms with Crippen molar-refractivity contribution < 1.29 is 5.11 Å². The smallest absolute Gasteiger partial charge is 0.129 e. The molecule has 0 aliphatic heterocycles. The number of aliphatic hydroxyl groups is 1. The lowest BCUT2D eigenvalue weighted by atomic mass is 10.1. The summed E-state index contributed by atoms with van der Waals surface area (Å²) in [7, 11) is 0. The maximum absolute atomic E-state index is 8.91. The lowest BCUT2D eigenvalue weighted by Crippen LogP contribution is -2.17. The quantitative estimate of drug-likeness (QED) is 0.686. The van der Waals surface area contributed by atoms with Crippen molar-refractivity contribution in [2.24, 2.45) is 5.73 Å². The van der Waals surface area contributed by atoms with E-state index in [1.54, 1.807) is 18.2 Å². The molecule has 0 bridgehead atoms. The normalized spacial score (nSPS) is 12.9. The number of nitrogens with two attached hydrogens (primary N) is 1. The van der Waals surface area contributed by atoms with Crippen molar-refractivity contribution in [1.29, 1.82) is 0 Å². The van der Waals surface area contributed by atoms with Gasteiger partial charge < -0.3 is 10.8 Å². The molecule has 0 aliphatic rings. The summed E-state index contributed by atoms with van der Waals surface area (Å²) in [5.74, 6) is -0.108. The van der Waals surface area contributed by atoms with Crippen LogP contribution in [-0.4, -0.2) is 23.2 Å². The lowest BCUT2D eigenvalue weighted by Gasteiger charge is -2.09. The van der Waals surface area contributed by atoms with Crippen LogP contribution in [-0.2, 0) is 0 Å². The zero-order valence-corrected chi connectivity index (χ0v) is 7.33. The van der Waals surface area contributed by atoms with Gasteiger partial charge in [0.05, 0.1) is 6.61 Å². The van der Waals surface area contributed by atoms with E-state index in [9.17, 15) is 0 Å². The Morgan fingerprint density at radius 2 is 2.33 bits per heavy atom. The maximum Gasteiger partial charge on any atom is 0.129 e. The first-order valence-electron chi connectivity index (χ1n) is 3.71. The van der Waals surface area contributed by atoms with E-state index < -0.39 is 0 Å². The maximum atomic E-state index is 8.91. The second kappa shape index (κ2) is 4.40. The molecule has 1 aromatic rings. The van der Waals surface area contributed by atoms with Gasteiger partial charge in [0.15, 0.2) is 0 Å². The number of pyridine rings is 1. The molecular weight excluding hydrogens is 176 g/mol. The van der Waals surface area contributed by atoms with Crippen LogP contribution in [0.5, 0.6) is 0 Å². The number of rotatable bonds is 3. The molecule has 66 valence electrons. The predicted octanol–water partition coefficient (Wildman–Crippen LogP) is 0.770. The molecule has 0 radical (unpaired) electrons. The van der Waals surface area contributed by atoms with Crippen molar-refractivity contribution in [3.8, 4) is 0 Å². The molecule has 0 fully saturated rings. The fraction of sp³-hybridized carbons (Fsp3) is 0.375. The number of halogens is 1. The second-order valence-corrected chi connectivity index (χ2v) is 2.89.